The Kier molecular flexibility index (Phi) is 4.86. The Balaban J connectivity index is 1.80. The van der Waals surface area contributed by atoms with Crippen molar-refractivity contribution in [3.8, 4) is 0 Å². The van der Waals surface area contributed by atoms with Crippen molar-refractivity contribution in [1.29, 1.82) is 0 Å². The molecule has 0 radical (unpaired) electrons. The van der Waals surface area contributed by atoms with Crippen molar-refractivity contribution >= 4 is 11.6 Å². The molecule has 1 amide bonds. The van der Waals surface area contributed by atoms with Gasteiger partial charge in [0, 0.05) is 42.6 Å². The molecule has 2 rings (SSSR count). The van der Waals surface area contributed by atoms with E-state index in [4.69, 9.17) is 0 Å². The van der Waals surface area contributed by atoms with Crippen LogP contribution in [0.2, 0.25) is 0 Å². The third-order valence-electron chi connectivity index (χ3n) is 4.09. The van der Waals surface area contributed by atoms with Gasteiger partial charge in [0.15, 0.2) is 0 Å². The number of nitrogens with one attached hydrogen (secondary N) is 1. The van der Waals surface area contributed by atoms with Crippen molar-refractivity contribution < 1.29 is 4.79 Å². The molecule has 4 heteroatoms. The lowest BCUT2D eigenvalue weighted by atomic mass is 9.93. The molecule has 0 aliphatic carbocycles. The second kappa shape index (κ2) is 6.46. The van der Waals surface area contributed by atoms with Gasteiger partial charge in [0.1, 0.15) is 0 Å². The van der Waals surface area contributed by atoms with Gasteiger partial charge in [0.05, 0.1) is 0 Å². The van der Waals surface area contributed by atoms with E-state index >= 15 is 0 Å². The summed E-state index contributed by atoms with van der Waals surface area (Å²) < 4.78 is 0. The molecule has 0 saturated carbocycles. The van der Waals surface area contributed by atoms with E-state index in [9.17, 15) is 4.79 Å². The highest BCUT2D eigenvalue weighted by Gasteiger charge is 2.24. The second-order valence-electron chi connectivity index (χ2n) is 7.05. The number of carbonyl (C=O) groups is 1. The Bertz CT molecular complexity index is 485. The summed E-state index contributed by atoms with van der Waals surface area (Å²) >= 11 is 0. The third kappa shape index (κ3) is 4.45. The van der Waals surface area contributed by atoms with E-state index in [2.05, 4.69) is 27.3 Å². The predicted molar refractivity (Wildman–Crippen MR) is 86.4 cm³/mol. The summed E-state index contributed by atoms with van der Waals surface area (Å²) in [5, 5.41) is 3.09. The first-order chi connectivity index (χ1) is 9.86. The first-order valence-corrected chi connectivity index (χ1v) is 7.82. The summed E-state index contributed by atoms with van der Waals surface area (Å²) in [6, 6.07) is 4.22. The lowest BCUT2D eigenvalue weighted by Gasteiger charge is -2.34. The molecular weight excluding hydrogens is 262 g/mol. The summed E-state index contributed by atoms with van der Waals surface area (Å²) in [6.07, 6.45) is 4.14. The number of aromatic nitrogens is 1. The van der Waals surface area contributed by atoms with Crippen molar-refractivity contribution in [2.75, 3.05) is 24.5 Å². The number of anilines is 1. The summed E-state index contributed by atoms with van der Waals surface area (Å²) in [5.41, 5.74) is 2.03. The van der Waals surface area contributed by atoms with Crippen LogP contribution in [-0.2, 0) is 4.79 Å². The predicted octanol–water partition coefficient (Wildman–Crippen LogP) is 2.77. The average Bonchev–Trinajstić information content (AvgIpc) is 2.44. The van der Waals surface area contributed by atoms with Crippen LogP contribution in [0.1, 0.15) is 39.3 Å². The number of aryl methyl sites for hydroxylation is 1. The van der Waals surface area contributed by atoms with Crippen molar-refractivity contribution in [3.05, 3.63) is 24.0 Å². The van der Waals surface area contributed by atoms with E-state index in [0.717, 1.165) is 38.2 Å². The number of pyridine rings is 1. The zero-order chi connectivity index (χ0) is 15.5. The number of carbonyl (C=O) groups excluding carboxylic acids is 1. The fourth-order valence-electron chi connectivity index (χ4n) is 2.62. The fraction of sp³-hybridized carbons (Fsp3) is 0.647. The molecule has 0 aromatic carbocycles. The zero-order valence-electron chi connectivity index (χ0n) is 13.6. The Morgan fingerprint density at radius 2 is 2.05 bits per heavy atom. The van der Waals surface area contributed by atoms with Crippen molar-refractivity contribution in [1.82, 2.24) is 10.3 Å². The van der Waals surface area contributed by atoms with Gasteiger partial charge in [-0.1, -0.05) is 20.8 Å². The highest BCUT2D eigenvalue weighted by molar-refractivity contribution is 5.81. The van der Waals surface area contributed by atoms with Crippen molar-refractivity contribution in [3.63, 3.8) is 0 Å². The van der Waals surface area contributed by atoms with E-state index in [-0.39, 0.29) is 11.3 Å². The normalized spacial score (nSPS) is 16.9. The quantitative estimate of drug-likeness (QED) is 0.930. The Morgan fingerprint density at radius 1 is 1.38 bits per heavy atom. The minimum atomic E-state index is -0.296. The molecule has 0 atom stereocenters. The van der Waals surface area contributed by atoms with Gasteiger partial charge in [-0.15, -0.1) is 0 Å². The number of nitrogens with zero attached hydrogens (tertiary/aromatic N) is 2. The number of rotatable bonds is 3. The Labute approximate surface area is 127 Å². The maximum absolute atomic E-state index is 11.9. The fourth-order valence-corrected chi connectivity index (χ4v) is 2.62. The molecule has 1 N–H and O–H groups in total. The SMILES string of the molecule is Cc1cc(N2CCC(CNC(=O)C(C)(C)C)CC2)ccn1. The van der Waals surface area contributed by atoms with Crippen LogP contribution in [0.3, 0.4) is 0 Å². The Hall–Kier alpha value is -1.58. The number of amides is 1. The minimum absolute atomic E-state index is 0.148. The van der Waals surface area contributed by atoms with Crippen LogP contribution >= 0.6 is 0 Å². The van der Waals surface area contributed by atoms with Crippen LogP contribution in [0.15, 0.2) is 18.3 Å². The molecule has 116 valence electrons. The van der Waals surface area contributed by atoms with Gasteiger partial charge < -0.3 is 10.2 Å². The van der Waals surface area contributed by atoms with Crippen LogP contribution < -0.4 is 10.2 Å². The maximum Gasteiger partial charge on any atom is 0.225 e. The average molecular weight is 289 g/mol. The topological polar surface area (TPSA) is 45.2 Å². The first kappa shape index (κ1) is 15.8. The minimum Gasteiger partial charge on any atom is -0.371 e. The van der Waals surface area contributed by atoms with E-state index < -0.39 is 0 Å². The molecule has 21 heavy (non-hydrogen) atoms. The molecule has 0 spiro atoms. The van der Waals surface area contributed by atoms with Crippen molar-refractivity contribution in [2.24, 2.45) is 11.3 Å². The van der Waals surface area contributed by atoms with E-state index in [1.165, 1.54) is 5.69 Å². The van der Waals surface area contributed by atoms with Crippen LogP contribution in [-0.4, -0.2) is 30.5 Å². The molecule has 1 aromatic rings. The number of hydrogen-bond donors (Lipinski definition) is 1. The number of piperidine rings is 1. The van der Waals surface area contributed by atoms with Crippen LogP contribution in [0, 0.1) is 18.3 Å². The zero-order valence-corrected chi connectivity index (χ0v) is 13.6. The standard InChI is InChI=1S/C17H27N3O/c1-13-11-15(5-8-18-13)20-9-6-14(7-10-20)12-19-16(21)17(2,3)4/h5,8,11,14H,6-7,9-10,12H2,1-4H3,(H,19,21). The molecule has 1 fully saturated rings. The summed E-state index contributed by atoms with van der Waals surface area (Å²) in [7, 11) is 0. The first-order valence-electron chi connectivity index (χ1n) is 7.82. The third-order valence-corrected chi connectivity index (χ3v) is 4.09. The summed E-state index contributed by atoms with van der Waals surface area (Å²) in [5.74, 6) is 0.741. The van der Waals surface area contributed by atoms with Gasteiger partial charge in [-0.2, -0.15) is 0 Å². The van der Waals surface area contributed by atoms with Gasteiger partial charge in [0.2, 0.25) is 5.91 Å². The smallest absolute Gasteiger partial charge is 0.225 e. The van der Waals surface area contributed by atoms with Gasteiger partial charge in [0.25, 0.3) is 0 Å². The highest BCUT2D eigenvalue weighted by Crippen LogP contribution is 2.23. The van der Waals surface area contributed by atoms with Gasteiger partial charge in [-0.25, -0.2) is 0 Å². The molecule has 0 unspecified atom stereocenters. The molecule has 4 nitrogen and oxygen atoms in total. The second-order valence-corrected chi connectivity index (χ2v) is 7.05. The highest BCUT2D eigenvalue weighted by atomic mass is 16.2. The van der Waals surface area contributed by atoms with Crippen LogP contribution in [0.25, 0.3) is 0 Å². The number of hydrogen-bond acceptors (Lipinski definition) is 3. The Morgan fingerprint density at radius 3 is 2.62 bits per heavy atom. The molecular formula is C17H27N3O. The molecule has 1 aromatic heterocycles. The van der Waals surface area contributed by atoms with E-state index in [1.54, 1.807) is 0 Å². The monoisotopic (exact) mass is 289 g/mol. The molecule has 0 bridgehead atoms. The van der Waals surface area contributed by atoms with Crippen molar-refractivity contribution in [2.45, 2.75) is 40.5 Å². The van der Waals surface area contributed by atoms with Gasteiger partial charge in [-0.05, 0) is 37.8 Å². The van der Waals surface area contributed by atoms with Crippen LogP contribution in [0.4, 0.5) is 5.69 Å². The molecule has 1 aliphatic rings. The van der Waals surface area contributed by atoms with E-state index in [0.29, 0.717) is 5.92 Å². The van der Waals surface area contributed by atoms with E-state index in [1.807, 2.05) is 33.9 Å². The molecule has 2 heterocycles. The summed E-state index contributed by atoms with van der Waals surface area (Å²) in [6.45, 7) is 10.8. The lowest BCUT2D eigenvalue weighted by Crippen LogP contribution is -2.41. The van der Waals surface area contributed by atoms with Crippen LogP contribution in [0.5, 0.6) is 0 Å². The van der Waals surface area contributed by atoms with Gasteiger partial charge >= 0.3 is 0 Å². The molecule has 1 aliphatic heterocycles. The lowest BCUT2D eigenvalue weighted by molar-refractivity contribution is -0.128. The molecule has 1 saturated heterocycles. The van der Waals surface area contributed by atoms with Gasteiger partial charge in [-0.3, -0.25) is 9.78 Å². The summed E-state index contributed by atoms with van der Waals surface area (Å²) in [4.78, 5) is 18.6. The maximum atomic E-state index is 11.9. The largest absolute Gasteiger partial charge is 0.371 e.